The highest BCUT2D eigenvalue weighted by Gasteiger charge is 2.40. The third kappa shape index (κ3) is 1.75. The quantitative estimate of drug-likeness (QED) is 0.598. The number of hydrogen-bond donors (Lipinski definition) is 0. The van der Waals surface area contributed by atoms with Gasteiger partial charge < -0.3 is 13.9 Å². The standard InChI is InChI=1S/C19H14O4/c20-19-17-16-11(9-21-14-7-3-1-5-12(14)16)10-22-18(17)13-6-2-4-8-15(13)23-19/h1-8,11,16H,9-10H2/t11-,16+/m0/s1. The summed E-state index contributed by atoms with van der Waals surface area (Å²) in [6, 6.07) is 15.4. The number of hydrogen-bond acceptors (Lipinski definition) is 4. The molecule has 4 heteroatoms. The van der Waals surface area contributed by atoms with E-state index in [1.54, 1.807) is 6.07 Å². The molecule has 2 aliphatic heterocycles. The summed E-state index contributed by atoms with van der Waals surface area (Å²) >= 11 is 0. The van der Waals surface area contributed by atoms with E-state index in [0.29, 0.717) is 30.1 Å². The first-order chi connectivity index (χ1) is 11.3. The molecule has 0 aliphatic carbocycles. The highest BCUT2D eigenvalue weighted by atomic mass is 16.5. The zero-order chi connectivity index (χ0) is 15.4. The second-order valence-corrected chi connectivity index (χ2v) is 6.03. The lowest BCUT2D eigenvalue weighted by Crippen LogP contribution is -2.37. The van der Waals surface area contributed by atoms with E-state index < -0.39 is 0 Å². The van der Waals surface area contributed by atoms with Crippen molar-refractivity contribution < 1.29 is 13.9 Å². The maximum atomic E-state index is 12.7. The lowest BCUT2D eigenvalue weighted by Gasteiger charge is -2.37. The third-order valence-corrected chi connectivity index (χ3v) is 4.73. The van der Waals surface area contributed by atoms with Gasteiger partial charge >= 0.3 is 5.63 Å². The predicted molar refractivity (Wildman–Crippen MR) is 85.2 cm³/mol. The Hall–Kier alpha value is -2.75. The maximum Gasteiger partial charge on any atom is 0.343 e. The normalized spacial score (nSPS) is 21.6. The van der Waals surface area contributed by atoms with Gasteiger partial charge in [0.2, 0.25) is 0 Å². The van der Waals surface area contributed by atoms with E-state index in [2.05, 4.69) is 0 Å². The fraction of sp³-hybridized carbons (Fsp3) is 0.211. The van der Waals surface area contributed by atoms with Gasteiger partial charge in [0.25, 0.3) is 0 Å². The summed E-state index contributed by atoms with van der Waals surface area (Å²) in [4.78, 5) is 12.7. The molecule has 4 nitrogen and oxygen atoms in total. The smallest absolute Gasteiger partial charge is 0.343 e. The molecule has 0 amide bonds. The molecular weight excluding hydrogens is 292 g/mol. The SMILES string of the molecule is O=c1oc2ccccc2c2c1[C@H]1c3ccccc3OC[C@H]1CO2. The van der Waals surface area contributed by atoms with Gasteiger partial charge in [0.05, 0.1) is 24.2 Å². The van der Waals surface area contributed by atoms with E-state index in [-0.39, 0.29) is 17.5 Å². The van der Waals surface area contributed by atoms with Gasteiger partial charge in [0.1, 0.15) is 17.1 Å². The van der Waals surface area contributed by atoms with Crippen molar-refractivity contribution in [3.05, 3.63) is 70.1 Å². The molecule has 0 unspecified atom stereocenters. The van der Waals surface area contributed by atoms with E-state index >= 15 is 0 Å². The van der Waals surface area contributed by atoms with E-state index in [4.69, 9.17) is 13.9 Å². The average Bonchev–Trinajstić information content (AvgIpc) is 2.61. The van der Waals surface area contributed by atoms with E-state index in [0.717, 1.165) is 16.7 Å². The molecule has 0 spiro atoms. The lowest BCUT2D eigenvalue weighted by atomic mass is 9.78. The van der Waals surface area contributed by atoms with Gasteiger partial charge in [0.15, 0.2) is 0 Å². The minimum atomic E-state index is -0.315. The summed E-state index contributed by atoms with van der Waals surface area (Å²) in [6.45, 7) is 1.09. The van der Waals surface area contributed by atoms with Crippen molar-refractivity contribution in [2.45, 2.75) is 5.92 Å². The molecule has 23 heavy (non-hydrogen) atoms. The molecule has 0 radical (unpaired) electrons. The number of ether oxygens (including phenoxy) is 2. The Balaban J connectivity index is 1.84. The van der Waals surface area contributed by atoms with Crippen LogP contribution in [0.3, 0.4) is 0 Å². The molecule has 0 fully saturated rings. The molecule has 3 aromatic rings. The minimum Gasteiger partial charge on any atom is -0.493 e. The highest BCUT2D eigenvalue weighted by Crippen LogP contribution is 2.47. The zero-order valence-corrected chi connectivity index (χ0v) is 12.3. The zero-order valence-electron chi connectivity index (χ0n) is 12.3. The largest absolute Gasteiger partial charge is 0.493 e. The fourth-order valence-electron chi connectivity index (χ4n) is 3.70. The summed E-state index contributed by atoms with van der Waals surface area (Å²) < 4.78 is 17.3. The number of rotatable bonds is 0. The number of benzene rings is 2. The van der Waals surface area contributed by atoms with Crippen LogP contribution in [0.4, 0.5) is 0 Å². The molecule has 0 bridgehead atoms. The van der Waals surface area contributed by atoms with Crippen LogP contribution in [0.1, 0.15) is 17.0 Å². The van der Waals surface area contributed by atoms with Crippen LogP contribution in [0.5, 0.6) is 11.5 Å². The fourth-order valence-corrected chi connectivity index (χ4v) is 3.70. The van der Waals surface area contributed by atoms with Gasteiger partial charge in [-0.05, 0) is 18.2 Å². The molecule has 5 rings (SSSR count). The number of para-hydroxylation sites is 2. The summed E-state index contributed by atoms with van der Waals surface area (Å²) in [6.07, 6.45) is 0. The first kappa shape index (κ1) is 12.8. The van der Waals surface area contributed by atoms with Crippen LogP contribution < -0.4 is 15.1 Å². The lowest BCUT2D eigenvalue weighted by molar-refractivity contribution is 0.125. The molecule has 3 heterocycles. The van der Waals surface area contributed by atoms with Crippen molar-refractivity contribution in [3.63, 3.8) is 0 Å². The Labute approximate surface area is 132 Å². The highest BCUT2D eigenvalue weighted by molar-refractivity contribution is 5.85. The van der Waals surface area contributed by atoms with E-state index in [1.807, 2.05) is 42.5 Å². The van der Waals surface area contributed by atoms with E-state index in [9.17, 15) is 4.79 Å². The van der Waals surface area contributed by atoms with Crippen molar-refractivity contribution in [1.29, 1.82) is 0 Å². The van der Waals surface area contributed by atoms with Crippen LogP contribution in [-0.4, -0.2) is 13.2 Å². The molecule has 0 saturated carbocycles. The van der Waals surface area contributed by atoms with Crippen molar-refractivity contribution in [2.24, 2.45) is 5.92 Å². The molecule has 2 atom stereocenters. The summed E-state index contributed by atoms with van der Waals surface area (Å²) in [5.74, 6) is 1.59. The van der Waals surface area contributed by atoms with Crippen LogP contribution in [0.2, 0.25) is 0 Å². The third-order valence-electron chi connectivity index (χ3n) is 4.73. The van der Waals surface area contributed by atoms with Crippen LogP contribution in [0, 0.1) is 5.92 Å². The molecule has 114 valence electrons. The van der Waals surface area contributed by atoms with Crippen molar-refractivity contribution in [2.75, 3.05) is 13.2 Å². The molecule has 1 aromatic heterocycles. The van der Waals surface area contributed by atoms with Gasteiger partial charge in [-0.1, -0.05) is 30.3 Å². The summed E-state index contributed by atoms with van der Waals surface area (Å²) in [5, 5.41) is 0.851. The Kier molecular flexibility index (Phi) is 2.56. The molecule has 0 N–H and O–H groups in total. The molecular formula is C19H14O4. The predicted octanol–water partition coefficient (Wildman–Crippen LogP) is 3.33. The van der Waals surface area contributed by atoms with E-state index in [1.165, 1.54) is 0 Å². The first-order valence-corrected chi connectivity index (χ1v) is 7.73. The second-order valence-electron chi connectivity index (χ2n) is 6.03. The Morgan fingerprint density at radius 3 is 2.65 bits per heavy atom. The number of fused-ring (bicyclic) bond motifs is 7. The maximum absolute atomic E-state index is 12.7. The van der Waals surface area contributed by atoms with Gasteiger partial charge in [-0.15, -0.1) is 0 Å². The first-order valence-electron chi connectivity index (χ1n) is 7.73. The minimum absolute atomic E-state index is 0.0374. The topological polar surface area (TPSA) is 48.7 Å². The van der Waals surface area contributed by atoms with Crippen LogP contribution in [-0.2, 0) is 0 Å². The Morgan fingerprint density at radius 2 is 1.70 bits per heavy atom. The summed E-state index contributed by atoms with van der Waals surface area (Å²) in [5.41, 5.74) is 1.91. The van der Waals surface area contributed by atoms with Gasteiger partial charge in [-0.3, -0.25) is 0 Å². The second kappa shape index (κ2) is 4.62. The van der Waals surface area contributed by atoms with Crippen LogP contribution in [0.25, 0.3) is 11.0 Å². The monoisotopic (exact) mass is 306 g/mol. The van der Waals surface area contributed by atoms with Gasteiger partial charge in [-0.2, -0.15) is 0 Å². The van der Waals surface area contributed by atoms with Gasteiger partial charge in [-0.25, -0.2) is 4.79 Å². The molecule has 0 saturated heterocycles. The van der Waals surface area contributed by atoms with Crippen molar-refractivity contribution >= 4 is 11.0 Å². The summed E-state index contributed by atoms with van der Waals surface area (Å²) in [7, 11) is 0. The van der Waals surface area contributed by atoms with Crippen molar-refractivity contribution in [3.8, 4) is 11.5 Å². The van der Waals surface area contributed by atoms with Gasteiger partial charge in [0, 0.05) is 17.4 Å². The van der Waals surface area contributed by atoms with Crippen molar-refractivity contribution in [1.82, 2.24) is 0 Å². The Bertz CT molecular complexity index is 973. The van der Waals surface area contributed by atoms with Crippen LogP contribution in [0.15, 0.2) is 57.7 Å². The average molecular weight is 306 g/mol. The molecule has 2 aliphatic rings. The Morgan fingerprint density at radius 1 is 0.913 bits per heavy atom. The molecule has 2 aromatic carbocycles. The van der Waals surface area contributed by atoms with Crippen LogP contribution >= 0.6 is 0 Å².